The first-order valence-corrected chi connectivity index (χ1v) is 6.86. The number of anilines is 2. The molecule has 0 unspecified atom stereocenters. The number of carbonyl (C=O) groups is 1. The number of hydrogen-bond acceptors (Lipinski definition) is 4. The lowest BCUT2D eigenvalue weighted by Crippen LogP contribution is -2.20. The average molecular weight is 286 g/mol. The topological polar surface area (TPSA) is 58.1 Å². The van der Waals surface area contributed by atoms with Crippen molar-refractivity contribution in [1.29, 1.82) is 0 Å². The molecule has 21 heavy (non-hydrogen) atoms. The summed E-state index contributed by atoms with van der Waals surface area (Å²) in [6.45, 7) is 1.93. The van der Waals surface area contributed by atoms with Crippen molar-refractivity contribution in [2.24, 2.45) is 0 Å². The zero-order valence-electron chi connectivity index (χ0n) is 11.4. The van der Waals surface area contributed by atoms with E-state index in [0.29, 0.717) is 11.6 Å². The molecular weight excluding hydrogens is 271 g/mol. The number of halogens is 1. The smallest absolute Gasteiger partial charge is 0.255 e. The second kappa shape index (κ2) is 5.87. The first-order chi connectivity index (χ1) is 10.2. The van der Waals surface area contributed by atoms with Crippen molar-refractivity contribution in [2.75, 3.05) is 23.3 Å². The monoisotopic (exact) mass is 286 g/mol. The molecule has 108 valence electrons. The van der Waals surface area contributed by atoms with Crippen LogP contribution in [0.5, 0.6) is 0 Å². The number of amides is 1. The number of nitrogens with one attached hydrogen (secondary N) is 1. The molecule has 5 nitrogen and oxygen atoms in total. The Kier molecular flexibility index (Phi) is 3.77. The molecular formula is C15H15FN4O. The van der Waals surface area contributed by atoms with Gasteiger partial charge in [-0.05, 0) is 31.0 Å². The standard InChI is InChI=1S/C15H15FN4O/c16-12-5-3-4-11(8-12)14(21)19-13-9-17-15(18-10-13)20-6-1-2-7-20/h3-5,8-10H,1-2,6-7H2,(H,19,21). The zero-order valence-corrected chi connectivity index (χ0v) is 11.4. The third-order valence-electron chi connectivity index (χ3n) is 3.37. The van der Waals surface area contributed by atoms with Gasteiger partial charge in [-0.3, -0.25) is 4.79 Å². The molecule has 3 rings (SSSR count). The maximum absolute atomic E-state index is 13.1. The number of aromatic nitrogens is 2. The number of carbonyl (C=O) groups excluding carboxylic acids is 1. The van der Waals surface area contributed by atoms with Gasteiger partial charge in [0.2, 0.25) is 5.95 Å². The van der Waals surface area contributed by atoms with Gasteiger partial charge in [-0.2, -0.15) is 0 Å². The molecule has 0 saturated carbocycles. The molecule has 0 atom stereocenters. The fourth-order valence-electron chi connectivity index (χ4n) is 2.30. The Morgan fingerprint density at radius 1 is 1.19 bits per heavy atom. The molecule has 6 heteroatoms. The van der Waals surface area contributed by atoms with Crippen molar-refractivity contribution in [2.45, 2.75) is 12.8 Å². The van der Waals surface area contributed by atoms with Crippen LogP contribution in [0.15, 0.2) is 36.7 Å². The summed E-state index contributed by atoms with van der Waals surface area (Å²) in [4.78, 5) is 22.6. The number of benzene rings is 1. The number of nitrogens with zero attached hydrogens (tertiary/aromatic N) is 3. The molecule has 0 spiro atoms. The van der Waals surface area contributed by atoms with Gasteiger partial charge >= 0.3 is 0 Å². The van der Waals surface area contributed by atoms with Crippen LogP contribution in [0.3, 0.4) is 0 Å². The summed E-state index contributed by atoms with van der Waals surface area (Å²) in [5.41, 5.74) is 0.755. The van der Waals surface area contributed by atoms with Crippen LogP contribution in [-0.4, -0.2) is 29.0 Å². The summed E-state index contributed by atoms with van der Waals surface area (Å²) in [6, 6.07) is 5.54. The van der Waals surface area contributed by atoms with Gasteiger partial charge in [0, 0.05) is 18.7 Å². The second-order valence-corrected chi connectivity index (χ2v) is 4.93. The van der Waals surface area contributed by atoms with Gasteiger partial charge in [-0.15, -0.1) is 0 Å². The molecule has 2 heterocycles. The van der Waals surface area contributed by atoms with Crippen molar-refractivity contribution in [3.63, 3.8) is 0 Å². The first kappa shape index (κ1) is 13.5. The minimum Gasteiger partial charge on any atom is -0.341 e. The van der Waals surface area contributed by atoms with Crippen molar-refractivity contribution in [3.8, 4) is 0 Å². The summed E-state index contributed by atoms with van der Waals surface area (Å²) >= 11 is 0. The van der Waals surface area contributed by atoms with Crippen LogP contribution in [0.4, 0.5) is 16.0 Å². The minimum absolute atomic E-state index is 0.263. The predicted molar refractivity (Wildman–Crippen MR) is 77.8 cm³/mol. The van der Waals surface area contributed by atoms with Crippen molar-refractivity contribution >= 4 is 17.5 Å². The molecule has 0 radical (unpaired) electrons. The van der Waals surface area contributed by atoms with Gasteiger partial charge in [-0.25, -0.2) is 14.4 Å². The van der Waals surface area contributed by atoms with Crippen molar-refractivity contribution in [1.82, 2.24) is 9.97 Å². The van der Waals surface area contributed by atoms with E-state index in [1.807, 2.05) is 0 Å². The zero-order chi connectivity index (χ0) is 14.7. The Labute approximate surface area is 121 Å². The van der Waals surface area contributed by atoms with Crippen LogP contribution in [-0.2, 0) is 0 Å². The highest BCUT2D eigenvalue weighted by atomic mass is 19.1. The van der Waals surface area contributed by atoms with Gasteiger partial charge in [-0.1, -0.05) is 6.07 Å². The first-order valence-electron chi connectivity index (χ1n) is 6.86. The fourth-order valence-corrected chi connectivity index (χ4v) is 2.30. The summed E-state index contributed by atoms with van der Waals surface area (Å²) in [5, 5.41) is 2.65. The van der Waals surface area contributed by atoms with Crippen LogP contribution in [0.2, 0.25) is 0 Å². The van der Waals surface area contributed by atoms with E-state index in [0.717, 1.165) is 25.9 Å². The molecule has 1 aliphatic rings. The van der Waals surface area contributed by atoms with Crippen LogP contribution in [0, 0.1) is 5.82 Å². The van der Waals surface area contributed by atoms with Gasteiger partial charge in [0.05, 0.1) is 18.1 Å². The lowest BCUT2D eigenvalue weighted by atomic mass is 10.2. The Hall–Kier alpha value is -2.50. The molecule has 1 aromatic heterocycles. The van der Waals surface area contributed by atoms with E-state index < -0.39 is 5.82 Å². The Morgan fingerprint density at radius 3 is 2.57 bits per heavy atom. The molecule has 1 N–H and O–H groups in total. The lowest BCUT2D eigenvalue weighted by molar-refractivity contribution is 0.102. The van der Waals surface area contributed by atoms with E-state index in [4.69, 9.17) is 0 Å². The molecule has 1 fully saturated rings. The normalized spacial score (nSPS) is 14.2. The van der Waals surface area contributed by atoms with E-state index in [2.05, 4.69) is 20.2 Å². The summed E-state index contributed by atoms with van der Waals surface area (Å²) in [6.07, 6.45) is 5.44. The van der Waals surface area contributed by atoms with Gasteiger partial charge in [0.15, 0.2) is 0 Å². The third kappa shape index (κ3) is 3.16. The summed E-state index contributed by atoms with van der Waals surface area (Å²) in [7, 11) is 0. The summed E-state index contributed by atoms with van der Waals surface area (Å²) < 4.78 is 13.1. The van der Waals surface area contributed by atoms with Crippen molar-refractivity contribution in [3.05, 3.63) is 48.0 Å². The van der Waals surface area contributed by atoms with Crippen molar-refractivity contribution < 1.29 is 9.18 Å². The molecule has 1 aliphatic heterocycles. The molecule has 2 aromatic rings. The van der Waals surface area contributed by atoms with E-state index >= 15 is 0 Å². The van der Waals surface area contributed by atoms with Crippen LogP contribution >= 0.6 is 0 Å². The van der Waals surface area contributed by atoms with E-state index in [1.54, 1.807) is 18.5 Å². The van der Waals surface area contributed by atoms with E-state index in [-0.39, 0.29) is 11.5 Å². The number of hydrogen-bond donors (Lipinski definition) is 1. The SMILES string of the molecule is O=C(Nc1cnc(N2CCCC2)nc1)c1cccc(F)c1. The van der Waals surface area contributed by atoms with Gasteiger partial charge in [0.25, 0.3) is 5.91 Å². The quantitative estimate of drug-likeness (QED) is 0.941. The lowest BCUT2D eigenvalue weighted by Gasteiger charge is -2.14. The fraction of sp³-hybridized carbons (Fsp3) is 0.267. The average Bonchev–Trinajstić information content (AvgIpc) is 3.02. The van der Waals surface area contributed by atoms with Gasteiger partial charge < -0.3 is 10.2 Å². The highest BCUT2D eigenvalue weighted by Crippen LogP contribution is 2.16. The molecule has 1 aromatic carbocycles. The number of rotatable bonds is 3. The molecule has 1 saturated heterocycles. The second-order valence-electron chi connectivity index (χ2n) is 4.93. The molecule has 1 amide bonds. The van der Waals surface area contributed by atoms with E-state index in [9.17, 15) is 9.18 Å². The van der Waals surface area contributed by atoms with Crippen LogP contribution < -0.4 is 10.2 Å². The Balaban J connectivity index is 1.68. The van der Waals surface area contributed by atoms with E-state index in [1.165, 1.54) is 18.2 Å². The predicted octanol–water partition coefficient (Wildman–Crippen LogP) is 2.47. The highest BCUT2D eigenvalue weighted by molar-refractivity contribution is 6.04. The maximum Gasteiger partial charge on any atom is 0.255 e. The third-order valence-corrected chi connectivity index (χ3v) is 3.37. The molecule has 0 aliphatic carbocycles. The van der Waals surface area contributed by atoms with Crippen LogP contribution in [0.25, 0.3) is 0 Å². The van der Waals surface area contributed by atoms with Gasteiger partial charge in [0.1, 0.15) is 5.82 Å². The Bertz CT molecular complexity index is 638. The highest BCUT2D eigenvalue weighted by Gasteiger charge is 2.14. The van der Waals surface area contributed by atoms with Crippen LogP contribution in [0.1, 0.15) is 23.2 Å². The maximum atomic E-state index is 13.1. The summed E-state index contributed by atoms with van der Waals surface area (Å²) in [5.74, 6) is -0.147. The Morgan fingerprint density at radius 2 is 1.90 bits per heavy atom. The minimum atomic E-state index is -0.441. The molecule has 0 bridgehead atoms. The largest absolute Gasteiger partial charge is 0.341 e.